The lowest BCUT2D eigenvalue weighted by atomic mass is 10.3. The average molecular weight is 299 g/mol. The van der Waals surface area contributed by atoms with Crippen LogP contribution in [-0.2, 0) is 17.9 Å². The van der Waals surface area contributed by atoms with Crippen LogP contribution in [0.4, 0.5) is 0 Å². The van der Waals surface area contributed by atoms with Crippen molar-refractivity contribution in [2.75, 3.05) is 0 Å². The number of fused-ring (bicyclic) bond motifs is 1. The molecule has 0 fully saturated rings. The van der Waals surface area contributed by atoms with Gasteiger partial charge in [-0.1, -0.05) is 6.07 Å². The summed E-state index contributed by atoms with van der Waals surface area (Å²) in [6.07, 6.45) is 6.43. The minimum atomic E-state index is 0.00989. The van der Waals surface area contributed by atoms with Gasteiger partial charge >= 0.3 is 0 Å². The quantitative estimate of drug-likeness (QED) is 0.724. The van der Waals surface area contributed by atoms with Gasteiger partial charge in [-0.15, -0.1) is 5.10 Å². The zero-order valence-electron chi connectivity index (χ0n) is 12.3. The fraction of sp³-hybridized carbons (Fsp3) is 0.357. The van der Waals surface area contributed by atoms with Crippen molar-refractivity contribution in [2.45, 2.75) is 32.9 Å². The maximum absolute atomic E-state index is 11.9. The van der Waals surface area contributed by atoms with Crippen LogP contribution >= 0.6 is 0 Å². The molecule has 0 aliphatic rings. The summed E-state index contributed by atoms with van der Waals surface area (Å²) in [6, 6.07) is 3.99. The van der Waals surface area contributed by atoms with Crippen LogP contribution < -0.4 is 5.32 Å². The number of hydrogen-bond acceptors (Lipinski definition) is 5. The van der Waals surface area contributed by atoms with Crippen molar-refractivity contribution in [1.82, 2.24) is 34.9 Å². The highest BCUT2D eigenvalue weighted by Gasteiger charge is 2.07. The van der Waals surface area contributed by atoms with Crippen molar-refractivity contribution in [3.63, 3.8) is 0 Å². The predicted octanol–water partition coefficient (Wildman–Crippen LogP) is 0.726. The molecule has 0 aromatic carbocycles. The molecule has 0 spiro atoms. The Morgan fingerprint density at radius 3 is 3.14 bits per heavy atom. The number of imidazole rings is 1. The molecule has 3 rings (SSSR count). The number of aryl methyl sites for hydroxylation is 2. The number of rotatable bonds is 6. The van der Waals surface area contributed by atoms with Gasteiger partial charge in [0.1, 0.15) is 12.0 Å². The molecule has 1 N–H and O–H groups in total. The molecule has 3 aromatic heterocycles. The van der Waals surface area contributed by atoms with E-state index in [1.165, 1.54) is 0 Å². The highest BCUT2D eigenvalue weighted by Crippen LogP contribution is 2.10. The second-order valence-electron chi connectivity index (χ2n) is 5.09. The molecular weight excluding hydrogens is 282 g/mol. The summed E-state index contributed by atoms with van der Waals surface area (Å²) in [5, 5.41) is 13.8. The molecule has 0 saturated carbocycles. The van der Waals surface area contributed by atoms with Crippen LogP contribution in [-0.4, -0.2) is 35.5 Å². The summed E-state index contributed by atoms with van der Waals surface area (Å²) >= 11 is 0. The highest BCUT2D eigenvalue weighted by atomic mass is 16.1. The average Bonchev–Trinajstić information content (AvgIpc) is 3.15. The molecule has 0 aliphatic carbocycles. The minimum absolute atomic E-state index is 0.00989. The number of amides is 1. The second-order valence-corrected chi connectivity index (χ2v) is 5.09. The molecule has 0 bridgehead atoms. The van der Waals surface area contributed by atoms with E-state index in [0.29, 0.717) is 25.9 Å². The summed E-state index contributed by atoms with van der Waals surface area (Å²) in [5.74, 6) is 0.00989. The maximum atomic E-state index is 11.9. The summed E-state index contributed by atoms with van der Waals surface area (Å²) in [4.78, 5) is 16.2. The normalized spacial score (nSPS) is 11.0. The number of pyridine rings is 1. The van der Waals surface area contributed by atoms with Crippen molar-refractivity contribution in [3.05, 3.63) is 42.1 Å². The number of nitrogens with zero attached hydrogens (tertiary/aromatic N) is 6. The predicted molar refractivity (Wildman–Crippen MR) is 78.8 cm³/mol. The Balaban J connectivity index is 1.51. The fourth-order valence-electron chi connectivity index (χ4n) is 2.29. The molecule has 3 aromatic rings. The van der Waals surface area contributed by atoms with Gasteiger partial charge in [0.2, 0.25) is 5.91 Å². The lowest BCUT2D eigenvalue weighted by molar-refractivity contribution is -0.121. The number of aromatic nitrogens is 6. The topological polar surface area (TPSA) is 90.0 Å². The first kappa shape index (κ1) is 14.2. The van der Waals surface area contributed by atoms with Crippen LogP contribution in [0, 0.1) is 6.92 Å². The molecule has 0 saturated heterocycles. The summed E-state index contributed by atoms with van der Waals surface area (Å²) in [6.45, 7) is 3.12. The third-order valence-electron chi connectivity index (χ3n) is 3.46. The van der Waals surface area contributed by atoms with Crippen molar-refractivity contribution < 1.29 is 4.79 Å². The van der Waals surface area contributed by atoms with Crippen molar-refractivity contribution >= 4 is 11.6 Å². The van der Waals surface area contributed by atoms with Crippen molar-refractivity contribution in [3.8, 4) is 0 Å². The third kappa shape index (κ3) is 3.11. The Labute approximate surface area is 127 Å². The third-order valence-corrected chi connectivity index (χ3v) is 3.46. The Bertz CT molecular complexity index is 763. The molecule has 1 amide bonds. The fourth-order valence-corrected chi connectivity index (χ4v) is 2.29. The minimum Gasteiger partial charge on any atom is -0.350 e. The first-order valence-corrected chi connectivity index (χ1v) is 7.13. The maximum Gasteiger partial charge on any atom is 0.220 e. The van der Waals surface area contributed by atoms with E-state index in [1.54, 1.807) is 17.2 Å². The van der Waals surface area contributed by atoms with Gasteiger partial charge in [0.25, 0.3) is 0 Å². The zero-order valence-corrected chi connectivity index (χ0v) is 12.3. The van der Waals surface area contributed by atoms with Gasteiger partial charge in [0.15, 0.2) is 0 Å². The Hall–Kier alpha value is -2.77. The monoisotopic (exact) mass is 299 g/mol. The first-order valence-electron chi connectivity index (χ1n) is 7.13. The lowest BCUT2D eigenvalue weighted by Crippen LogP contribution is -2.23. The van der Waals surface area contributed by atoms with E-state index in [-0.39, 0.29) is 5.91 Å². The van der Waals surface area contributed by atoms with Crippen molar-refractivity contribution in [1.29, 1.82) is 0 Å². The van der Waals surface area contributed by atoms with Gasteiger partial charge < -0.3 is 9.72 Å². The van der Waals surface area contributed by atoms with E-state index in [4.69, 9.17) is 0 Å². The van der Waals surface area contributed by atoms with Gasteiger partial charge in [-0.2, -0.15) is 0 Å². The molecule has 114 valence electrons. The summed E-state index contributed by atoms with van der Waals surface area (Å²) in [5.41, 5.74) is 3.00. The first-order chi connectivity index (χ1) is 10.7. The molecule has 0 radical (unpaired) electrons. The van der Waals surface area contributed by atoms with Gasteiger partial charge in [-0.05, 0) is 35.4 Å². The van der Waals surface area contributed by atoms with Crippen molar-refractivity contribution in [2.24, 2.45) is 0 Å². The van der Waals surface area contributed by atoms with Crippen LogP contribution in [0.15, 0.2) is 30.9 Å². The molecule has 8 nitrogen and oxygen atoms in total. The largest absolute Gasteiger partial charge is 0.350 e. The molecule has 0 aliphatic heterocycles. The Morgan fingerprint density at radius 2 is 2.32 bits per heavy atom. The molecule has 0 unspecified atom stereocenters. The van der Waals surface area contributed by atoms with Gasteiger partial charge in [-0.3, -0.25) is 4.79 Å². The van der Waals surface area contributed by atoms with Gasteiger partial charge in [-0.25, -0.2) is 9.67 Å². The van der Waals surface area contributed by atoms with E-state index < -0.39 is 0 Å². The lowest BCUT2D eigenvalue weighted by Gasteiger charge is -2.06. The van der Waals surface area contributed by atoms with Crippen LogP contribution in [0.3, 0.4) is 0 Å². The van der Waals surface area contributed by atoms with Crippen LogP contribution in [0.5, 0.6) is 0 Å². The summed E-state index contributed by atoms with van der Waals surface area (Å²) in [7, 11) is 0. The van der Waals surface area contributed by atoms with E-state index in [9.17, 15) is 4.79 Å². The van der Waals surface area contributed by atoms with E-state index in [1.807, 2.05) is 29.7 Å². The highest BCUT2D eigenvalue weighted by molar-refractivity contribution is 5.75. The zero-order chi connectivity index (χ0) is 15.4. The molecular formula is C14H17N7O. The molecule has 22 heavy (non-hydrogen) atoms. The second kappa shape index (κ2) is 6.33. The van der Waals surface area contributed by atoms with Gasteiger partial charge in [0.05, 0.1) is 18.4 Å². The SMILES string of the molecule is Cc1cccn2c(CNC(=O)CCCn3cnnn3)cnc12. The number of tetrazole rings is 1. The van der Waals surface area contributed by atoms with E-state index >= 15 is 0 Å². The molecule has 0 atom stereocenters. The van der Waals surface area contributed by atoms with Crippen LogP contribution in [0.1, 0.15) is 24.1 Å². The van der Waals surface area contributed by atoms with E-state index in [0.717, 1.165) is 16.9 Å². The Kier molecular flexibility index (Phi) is 4.08. The van der Waals surface area contributed by atoms with Gasteiger partial charge in [0, 0.05) is 19.2 Å². The smallest absolute Gasteiger partial charge is 0.220 e. The Morgan fingerprint density at radius 1 is 1.41 bits per heavy atom. The number of nitrogens with one attached hydrogen (secondary N) is 1. The van der Waals surface area contributed by atoms with Crippen LogP contribution in [0.2, 0.25) is 0 Å². The molecule has 3 heterocycles. The number of hydrogen-bond donors (Lipinski definition) is 1. The van der Waals surface area contributed by atoms with E-state index in [2.05, 4.69) is 25.8 Å². The molecule has 8 heteroatoms. The van der Waals surface area contributed by atoms with Crippen LogP contribution in [0.25, 0.3) is 5.65 Å². The standard InChI is InChI=1S/C14H17N7O/c1-11-4-2-7-21-12(9-16-14(11)21)8-15-13(22)5-3-6-20-10-17-18-19-20/h2,4,7,9-10H,3,5-6,8H2,1H3,(H,15,22). The summed E-state index contributed by atoms with van der Waals surface area (Å²) < 4.78 is 3.61. The number of carbonyl (C=O) groups excluding carboxylic acids is 1. The number of carbonyl (C=O) groups is 1.